The van der Waals surface area contributed by atoms with E-state index in [-0.39, 0.29) is 24.7 Å². The number of carbonyl (C=O) groups is 2. The molecule has 1 atom stereocenters. The molecule has 0 radical (unpaired) electrons. The summed E-state index contributed by atoms with van der Waals surface area (Å²) in [7, 11) is 0. The molecule has 10 nitrogen and oxygen atoms in total. The smallest absolute Gasteiger partial charge is 0.333 e. The van der Waals surface area contributed by atoms with E-state index >= 15 is 0 Å². The van der Waals surface area contributed by atoms with E-state index in [1.165, 1.54) is 12.5 Å². The molecule has 2 aromatic rings. The van der Waals surface area contributed by atoms with Crippen molar-refractivity contribution in [1.29, 1.82) is 0 Å². The number of thioether (sulfide) groups is 1. The first-order valence-electron chi connectivity index (χ1n) is 13.2. The molecule has 2 aromatic carbocycles. The van der Waals surface area contributed by atoms with Crippen LogP contribution in [0.25, 0.3) is 0 Å². The number of ether oxygens (including phenoxy) is 2. The van der Waals surface area contributed by atoms with E-state index in [0.29, 0.717) is 36.7 Å². The molecule has 0 aliphatic rings. The van der Waals surface area contributed by atoms with Crippen molar-refractivity contribution in [2.75, 3.05) is 43.1 Å². The lowest BCUT2D eigenvalue weighted by molar-refractivity contribution is -0.385. The van der Waals surface area contributed by atoms with Crippen LogP contribution in [0, 0.1) is 17.0 Å². The Kier molecular flexibility index (Phi) is 14.2. The van der Waals surface area contributed by atoms with Gasteiger partial charge in [0.05, 0.1) is 11.5 Å². The topological polar surface area (TPSA) is 131 Å². The fraction of sp³-hybridized carbons (Fsp3) is 0.500. The van der Waals surface area contributed by atoms with Gasteiger partial charge in [0.1, 0.15) is 12.4 Å². The third kappa shape index (κ3) is 11.5. The first kappa shape index (κ1) is 31.9. The first-order valence-corrected chi connectivity index (χ1v) is 14.3. The Bertz CT molecular complexity index is 1070. The summed E-state index contributed by atoms with van der Waals surface area (Å²) < 4.78 is 11.1. The summed E-state index contributed by atoms with van der Waals surface area (Å²) in [6.07, 6.45) is 2.83. The number of nitro benzene ring substituents is 1. The molecule has 2 amide bonds. The van der Waals surface area contributed by atoms with Crippen LogP contribution in [0.2, 0.25) is 0 Å². The number of nitrogens with one attached hydrogen (secondary N) is 1. The summed E-state index contributed by atoms with van der Waals surface area (Å²) in [6.45, 7) is 6.96. The van der Waals surface area contributed by atoms with Gasteiger partial charge in [-0.25, -0.2) is 9.59 Å². The van der Waals surface area contributed by atoms with Gasteiger partial charge in [-0.3, -0.25) is 10.1 Å². The number of hydrogen-bond donors (Lipinski definition) is 2. The number of urea groups is 1. The Morgan fingerprint density at radius 3 is 2.49 bits per heavy atom. The SMILES string of the molecule is CCCCCSCCN(CCOc1ccc(CC(OCC)C(=O)O)cc1)C(=O)Nc1ccc(C)c([N+](=O)[O-])c1. The van der Waals surface area contributed by atoms with Crippen LogP contribution in [0.1, 0.15) is 44.2 Å². The molecule has 39 heavy (non-hydrogen) atoms. The normalized spacial score (nSPS) is 11.6. The fourth-order valence-electron chi connectivity index (χ4n) is 3.76. The predicted octanol–water partition coefficient (Wildman–Crippen LogP) is 5.77. The number of aliphatic carboxylic acids is 1. The first-order chi connectivity index (χ1) is 18.7. The van der Waals surface area contributed by atoms with Gasteiger partial charge in [-0.05, 0) is 49.8 Å². The van der Waals surface area contributed by atoms with Crippen LogP contribution in [0.5, 0.6) is 5.75 Å². The van der Waals surface area contributed by atoms with Crippen molar-refractivity contribution in [3.8, 4) is 5.75 Å². The van der Waals surface area contributed by atoms with Crippen molar-refractivity contribution in [3.63, 3.8) is 0 Å². The second-order valence-electron chi connectivity index (χ2n) is 8.97. The van der Waals surface area contributed by atoms with Crippen LogP contribution in [0.4, 0.5) is 16.2 Å². The maximum Gasteiger partial charge on any atom is 0.333 e. The minimum atomic E-state index is -1.00. The lowest BCUT2D eigenvalue weighted by Crippen LogP contribution is -2.39. The highest BCUT2D eigenvalue weighted by molar-refractivity contribution is 7.99. The number of unbranched alkanes of at least 4 members (excludes halogenated alkanes) is 2. The van der Waals surface area contributed by atoms with E-state index in [9.17, 15) is 24.8 Å². The van der Waals surface area contributed by atoms with Gasteiger partial charge < -0.3 is 24.8 Å². The number of carboxylic acids is 1. The van der Waals surface area contributed by atoms with Crippen LogP contribution in [0.3, 0.4) is 0 Å². The van der Waals surface area contributed by atoms with Crippen molar-refractivity contribution >= 4 is 35.1 Å². The summed E-state index contributed by atoms with van der Waals surface area (Å²) in [4.78, 5) is 36.8. The standard InChI is InChI=1S/C28H39N3O7S/c1-4-6-7-17-39-18-15-30(28(34)29-23-11-8-21(3)25(20-23)31(35)36)14-16-38-24-12-9-22(10-13-24)19-26(27(32)33)37-5-2/h8-13,20,26H,4-7,14-19H2,1-3H3,(H,29,34)(H,32,33). The van der Waals surface area contributed by atoms with Crippen molar-refractivity contribution in [2.24, 2.45) is 0 Å². The van der Waals surface area contributed by atoms with E-state index in [0.717, 1.165) is 29.9 Å². The van der Waals surface area contributed by atoms with Gasteiger partial charge in [0.25, 0.3) is 5.69 Å². The molecule has 0 bridgehead atoms. The Balaban J connectivity index is 1.97. The second-order valence-corrected chi connectivity index (χ2v) is 10.2. The van der Waals surface area contributed by atoms with E-state index in [4.69, 9.17) is 9.47 Å². The Labute approximate surface area is 234 Å². The van der Waals surface area contributed by atoms with E-state index in [1.807, 2.05) is 0 Å². The maximum absolute atomic E-state index is 13.1. The molecule has 0 spiro atoms. The molecule has 0 saturated heterocycles. The molecule has 1 unspecified atom stereocenters. The van der Waals surface area contributed by atoms with Gasteiger partial charge in [0, 0.05) is 42.6 Å². The van der Waals surface area contributed by atoms with Crippen molar-refractivity contribution in [3.05, 3.63) is 63.7 Å². The van der Waals surface area contributed by atoms with Crippen molar-refractivity contribution in [1.82, 2.24) is 4.90 Å². The number of nitrogens with zero attached hydrogens (tertiary/aromatic N) is 2. The number of benzene rings is 2. The van der Waals surface area contributed by atoms with E-state index in [1.54, 1.807) is 66.9 Å². The molecule has 0 aromatic heterocycles. The zero-order valence-electron chi connectivity index (χ0n) is 22.9. The third-order valence-electron chi connectivity index (χ3n) is 5.96. The molecule has 0 saturated carbocycles. The number of amides is 2. The lowest BCUT2D eigenvalue weighted by Gasteiger charge is -2.23. The molecule has 0 fully saturated rings. The summed E-state index contributed by atoms with van der Waals surface area (Å²) in [6, 6.07) is 11.4. The minimum absolute atomic E-state index is 0.0476. The average molecular weight is 562 g/mol. The molecule has 2 N–H and O–H groups in total. The number of rotatable bonds is 18. The monoisotopic (exact) mass is 561 g/mol. The van der Waals surface area contributed by atoms with Gasteiger partial charge in [-0.15, -0.1) is 0 Å². The number of carbonyl (C=O) groups excluding carboxylic acids is 1. The van der Waals surface area contributed by atoms with Gasteiger partial charge in [-0.1, -0.05) is 38.0 Å². The lowest BCUT2D eigenvalue weighted by atomic mass is 10.1. The minimum Gasteiger partial charge on any atom is -0.492 e. The van der Waals surface area contributed by atoms with Crippen LogP contribution in [-0.2, 0) is 16.0 Å². The highest BCUT2D eigenvalue weighted by Crippen LogP contribution is 2.23. The molecular weight excluding hydrogens is 522 g/mol. The highest BCUT2D eigenvalue weighted by atomic mass is 32.2. The summed E-state index contributed by atoms with van der Waals surface area (Å²) in [5.41, 5.74) is 1.65. The van der Waals surface area contributed by atoms with E-state index < -0.39 is 17.0 Å². The van der Waals surface area contributed by atoms with Crippen LogP contribution < -0.4 is 10.1 Å². The van der Waals surface area contributed by atoms with Gasteiger partial charge in [0.2, 0.25) is 0 Å². The second kappa shape index (κ2) is 17.3. The Morgan fingerprint density at radius 1 is 1.10 bits per heavy atom. The molecule has 0 aliphatic carbocycles. The van der Waals surface area contributed by atoms with Crippen molar-refractivity contribution < 1.29 is 29.1 Å². The van der Waals surface area contributed by atoms with Gasteiger partial charge in [-0.2, -0.15) is 11.8 Å². The number of aryl methyl sites for hydroxylation is 1. The maximum atomic E-state index is 13.1. The third-order valence-corrected chi connectivity index (χ3v) is 7.01. The zero-order chi connectivity index (χ0) is 28.6. The number of carboxylic acid groups (broad SMARTS) is 1. The van der Waals surface area contributed by atoms with Gasteiger partial charge >= 0.3 is 12.0 Å². The van der Waals surface area contributed by atoms with Crippen molar-refractivity contribution in [2.45, 2.75) is 52.6 Å². The molecule has 2 rings (SSSR count). The molecule has 11 heteroatoms. The average Bonchev–Trinajstić information content (AvgIpc) is 2.91. The quantitative estimate of drug-likeness (QED) is 0.133. The van der Waals surface area contributed by atoms with E-state index in [2.05, 4.69) is 12.2 Å². The molecule has 0 heterocycles. The highest BCUT2D eigenvalue weighted by Gasteiger charge is 2.19. The summed E-state index contributed by atoms with van der Waals surface area (Å²) in [5.74, 6) is 1.40. The zero-order valence-corrected chi connectivity index (χ0v) is 23.7. The van der Waals surface area contributed by atoms with Crippen LogP contribution >= 0.6 is 11.8 Å². The predicted molar refractivity (Wildman–Crippen MR) is 154 cm³/mol. The molecule has 214 valence electrons. The largest absolute Gasteiger partial charge is 0.492 e. The Hall–Kier alpha value is -3.31. The summed E-state index contributed by atoms with van der Waals surface area (Å²) in [5, 5.41) is 23.3. The Morgan fingerprint density at radius 2 is 1.85 bits per heavy atom. The number of anilines is 1. The van der Waals surface area contributed by atoms with Gasteiger partial charge in [0.15, 0.2) is 6.10 Å². The molecular formula is C28H39N3O7S. The number of hydrogen-bond acceptors (Lipinski definition) is 7. The molecule has 0 aliphatic heterocycles. The summed E-state index contributed by atoms with van der Waals surface area (Å²) >= 11 is 1.79. The fourth-order valence-corrected chi connectivity index (χ4v) is 4.72. The van der Waals surface area contributed by atoms with Crippen LogP contribution in [0.15, 0.2) is 42.5 Å². The number of nitro groups is 1. The van der Waals surface area contributed by atoms with Crippen LogP contribution in [-0.4, -0.2) is 70.8 Å².